The molecule has 0 atom stereocenters. The van der Waals surface area contributed by atoms with Crippen LogP contribution in [0.3, 0.4) is 0 Å². The van der Waals surface area contributed by atoms with E-state index in [-0.39, 0.29) is 5.82 Å². The average molecular weight is 444 g/mol. The van der Waals surface area contributed by atoms with Gasteiger partial charge in [0, 0.05) is 57.9 Å². The standard InChI is InChI=1S/C24H34FN5O2/c1-5-29-10-12-30(13-11-29)22-9-6-18(14-21(22)25)16-27-24(26-2)28-17-19-7-8-20(31-3)15-23(19)32-4/h6-9,14-15H,5,10-13,16-17H2,1-4H3,(H2,26,27,28). The molecule has 2 aromatic rings. The minimum Gasteiger partial charge on any atom is -0.497 e. The van der Waals surface area contributed by atoms with Gasteiger partial charge in [-0.3, -0.25) is 4.99 Å². The summed E-state index contributed by atoms with van der Waals surface area (Å²) in [4.78, 5) is 8.77. The summed E-state index contributed by atoms with van der Waals surface area (Å²) >= 11 is 0. The summed E-state index contributed by atoms with van der Waals surface area (Å²) < 4.78 is 25.5. The van der Waals surface area contributed by atoms with Crippen molar-refractivity contribution in [2.24, 2.45) is 4.99 Å². The van der Waals surface area contributed by atoms with E-state index in [1.165, 1.54) is 0 Å². The average Bonchev–Trinajstić information content (AvgIpc) is 2.84. The molecule has 0 radical (unpaired) electrons. The zero-order chi connectivity index (χ0) is 22.9. The van der Waals surface area contributed by atoms with Gasteiger partial charge in [-0.1, -0.05) is 13.0 Å². The molecule has 1 saturated heterocycles. The van der Waals surface area contributed by atoms with Crippen molar-refractivity contribution < 1.29 is 13.9 Å². The molecule has 1 heterocycles. The van der Waals surface area contributed by atoms with Gasteiger partial charge >= 0.3 is 0 Å². The maximum Gasteiger partial charge on any atom is 0.191 e. The SMILES string of the molecule is CCN1CCN(c2ccc(CNC(=NC)NCc3ccc(OC)cc3OC)cc2F)CC1. The molecule has 0 spiro atoms. The molecule has 0 aliphatic carbocycles. The molecule has 1 aliphatic heterocycles. The van der Waals surface area contributed by atoms with Gasteiger partial charge < -0.3 is 29.9 Å². The van der Waals surface area contributed by atoms with Crippen LogP contribution < -0.4 is 25.0 Å². The Labute approximate surface area is 190 Å². The lowest BCUT2D eigenvalue weighted by atomic mass is 10.1. The number of nitrogens with one attached hydrogen (secondary N) is 2. The van der Waals surface area contributed by atoms with Crippen molar-refractivity contribution in [2.45, 2.75) is 20.0 Å². The van der Waals surface area contributed by atoms with Crippen molar-refractivity contribution in [3.63, 3.8) is 0 Å². The molecule has 3 rings (SSSR count). The molecular formula is C24H34FN5O2. The Balaban J connectivity index is 1.54. The number of ether oxygens (including phenoxy) is 2. The molecule has 0 bridgehead atoms. The summed E-state index contributed by atoms with van der Waals surface area (Å²) in [6.07, 6.45) is 0. The van der Waals surface area contributed by atoms with Crippen LogP contribution in [-0.2, 0) is 13.1 Å². The number of nitrogens with zero attached hydrogens (tertiary/aromatic N) is 3. The number of aliphatic imine (C=N–C) groups is 1. The van der Waals surface area contributed by atoms with Crippen LogP contribution in [0.1, 0.15) is 18.1 Å². The maximum absolute atomic E-state index is 14.8. The third-order valence-corrected chi connectivity index (χ3v) is 5.80. The Bertz CT molecular complexity index is 913. The van der Waals surface area contributed by atoms with E-state index in [0.29, 0.717) is 24.7 Å². The minimum atomic E-state index is -0.180. The van der Waals surface area contributed by atoms with Gasteiger partial charge in [0.2, 0.25) is 0 Å². The zero-order valence-electron chi connectivity index (χ0n) is 19.4. The fourth-order valence-electron chi connectivity index (χ4n) is 3.81. The molecule has 0 aromatic heterocycles. The number of anilines is 1. The van der Waals surface area contributed by atoms with Crippen LogP contribution in [0.5, 0.6) is 11.5 Å². The Morgan fingerprint density at radius 2 is 1.75 bits per heavy atom. The lowest BCUT2D eigenvalue weighted by molar-refractivity contribution is 0.270. The second kappa shape index (κ2) is 11.6. The smallest absolute Gasteiger partial charge is 0.191 e. The van der Waals surface area contributed by atoms with Gasteiger partial charge in [-0.15, -0.1) is 0 Å². The van der Waals surface area contributed by atoms with E-state index < -0.39 is 0 Å². The van der Waals surface area contributed by atoms with E-state index >= 15 is 0 Å². The molecule has 7 nitrogen and oxygen atoms in total. The molecule has 0 saturated carbocycles. The first kappa shape index (κ1) is 23.7. The maximum atomic E-state index is 14.8. The van der Waals surface area contributed by atoms with Gasteiger partial charge in [0.1, 0.15) is 17.3 Å². The number of piperazine rings is 1. The first-order chi connectivity index (χ1) is 15.6. The topological polar surface area (TPSA) is 61.4 Å². The third-order valence-electron chi connectivity index (χ3n) is 5.80. The second-order valence-corrected chi connectivity index (χ2v) is 7.66. The van der Waals surface area contributed by atoms with Crippen LogP contribution >= 0.6 is 0 Å². The molecule has 2 N–H and O–H groups in total. The summed E-state index contributed by atoms with van der Waals surface area (Å²) in [6, 6.07) is 11.1. The summed E-state index contributed by atoms with van der Waals surface area (Å²) in [7, 11) is 4.97. The van der Waals surface area contributed by atoms with Crippen LogP contribution in [0.2, 0.25) is 0 Å². The second-order valence-electron chi connectivity index (χ2n) is 7.66. The predicted molar refractivity (Wildman–Crippen MR) is 127 cm³/mol. The number of halogens is 1. The van der Waals surface area contributed by atoms with Crippen LogP contribution in [0.25, 0.3) is 0 Å². The molecule has 8 heteroatoms. The van der Waals surface area contributed by atoms with Crippen molar-refractivity contribution in [1.29, 1.82) is 0 Å². The highest BCUT2D eigenvalue weighted by atomic mass is 19.1. The van der Waals surface area contributed by atoms with Crippen molar-refractivity contribution in [3.05, 3.63) is 53.3 Å². The van der Waals surface area contributed by atoms with E-state index in [0.717, 1.165) is 55.3 Å². The Morgan fingerprint density at radius 3 is 2.38 bits per heavy atom. The molecule has 2 aromatic carbocycles. The molecule has 174 valence electrons. The summed E-state index contributed by atoms with van der Waals surface area (Å²) in [5.41, 5.74) is 2.52. The Hall–Kier alpha value is -3.00. The number of methoxy groups -OCH3 is 2. The Kier molecular flexibility index (Phi) is 8.56. The molecule has 0 amide bonds. The van der Waals surface area contributed by atoms with E-state index in [9.17, 15) is 4.39 Å². The van der Waals surface area contributed by atoms with Crippen LogP contribution in [0.15, 0.2) is 41.4 Å². The fourth-order valence-corrected chi connectivity index (χ4v) is 3.81. The number of likely N-dealkylation sites (N-methyl/N-ethyl adjacent to an activating group) is 1. The van der Waals surface area contributed by atoms with Crippen molar-refractivity contribution >= 4 is 11.6 Å². The lowest BCUT2D eigenvalue weighted by Crippen LogP contribution is -2.46. The zero-order valence-corrected chi connectivity index (χ0v) is 19.4. The van der Waals surface area contributed by atoms with Gasteiger partial charge in [-0.2, -0.15) is 0 Å². The summed E-state index contributed by atoms with van der Waals surface area (Å²) in [5, 5.41) is 6.51. The van der Waals surface area contributed by atoms with Gasteiger partial charge in [0.15, 0.2) is 5.96 Å². The largest absolute Gasteiger partial charge is 0.497 e. The summed E-state index contributed by atoms with van der Waals surface area (Å²) in [6.45, 7) is 7.86. The molecule has 32 heavy (non-hydrogen) atoms. The highest BCUT2D eigenvalue weighted by Gasteiger charge is 2.18. The number of hydrogen-bond acceptors (Lipinski definition) is 5. The monoisotopic (exact) mass is 443 g/mol. The molecule has 1 aliphatic rings. The molecule has 0 unspecified atom stereocenters. The quantitative estimate of drug-likeness (QED) is 0.483. The van der Waals surface area contributed by atoms with Gasteiger partial charge in [-0.05, 0) is 36.4 Å². The number of hydrogen-bond donors (Lipinski definition) is 2. The van der Waals surface area contributed by atoms with E-state index in [1.807, 2.05) is 30.3 Å². The van der Waals surface area contributed by atoms with Crippen molar-refractivity contribution in [3.8, 4) is 11.5 Å². The highest BCUT2D eigenvalue weighted by Crippen LogP contribution is 2.24. The number of rotatable bonds is 8. The molecule has 1 fully saturated rings. The minimum absolute atomic E-state index is 0.180. The van der Waals surface area contributed by atoms with E-state index in [2.05, 4.69) is 32.3 Å². The van der Waals surface area contributed by atoms with E-state index in [4.69, 9.17) is 9.47 Å². The van der Waals surface area contributed by atoms with Gasteiger partial charge in [-0.25, -0.2) is 4.39 Å². The fraction of sp³-hybridized carbons (Fsp3) is 0.458. The highest BCUT2D eigenvalue weighted by molar-refractivity contribution is 5.79. The summed E-state index contributed by atoms with van der Waals surface area (Å²) in [5.74, 6) is 1.93. The Morgan fingerprint density at radius 1 is 1.00 bits per heavy atom. The van der Waals surface area contributed by atoms with Crippen LogP contribution in [0, 0.1) is 5.82 Å². The molecular weight excluding hydrogens is 409 g/mol. The van der Waals surface area contributed by atoms with E-state index in [1.54, 1.807) is 27.3 Å². The number of guanidine groups is 1. The van der Waals surface area contributed by atoms with Gasteiger partial charge in [0.05, 0.1) is 19.9 Å². The first-order valence-corrected chi connectivity index (χ1v) is 11.0. The van der Waals surface area contributed by atoms with Crippen molar-refractivity contribution in [2.75, 3.05) is 58.9 Å². The lowest BCUT2D eigenvalue weighted by Gasteiger charge is -2.35. The van der Waals surface area contributed by atoms with Crippen molar-refractivity contribution in [1.82, 2.24) is 15.5 Å². The van der Waals surface area contributed by atoms with Crippen LogP contribution in [0.4, 0.5) is 10.1 Å². The third kappa shape index (κ3) is 6.03. The van der Waals surface area contributed by atoms with Crippen LogP contribution in [-0.4, -0.2) is 64.9 Å². The predicted octanol–water partition coefficient (Wildman–Crippen LogP) is 2.85. The first-order valence-electron chi connectivity index (χ1n) is 11.0. The normalized spacial score (nSPS) is 14.9. The number of benzene rings is 2. The van der Waals surface area contributed by atoms with Gasteiger partial charge in [0.25, 0.3) is 0 Å².